The lowest BCUT2D eigenvalue weighted by atomic mass is 10.2. The van der Waals surface area contributed by atoms with Crippen LogP contribution in [0.5, 0.6) is 0 Å². The Bertz CT molecular complexity index is 1130. The van der Waals surface area contributed by atoms with Crippen LogP contribution in [0.3, 0.4) is 0 Å². The van der Waals surface area contributed by atoms with Gasteiger partial charge in [0.1, 0.15) is 22.0 Å². The Kier molecular flexibility index (Phi) is 4.80. The van der Waals surface area contributed by atoms with Crippen LogP contribution in [0, 0.1) is 19.7 Å². The molecule has 0 saturated carbocycles. The number of thioether (sulfide) groups is 1. The largest absolute Gasteiger partial charge is 0.318 e. The van der Waals surface area contributed by atoms with E-state index in [0.717, 1.165) is 32.3 Å². The number of nitrogens with zero attached hydrogens (tertiary/aromatic N) is 3. The quantitative estimate of drug-likeness (QED) is 0.263. The van der Waals surface area contributed by atoms with Crippen molar-refractivity contribution in [3.63, 3.8) is 0 Å². The van der Waals surface area contributed by atoms with Crippen LogP contribution in [0.4, 0.5) is 4.39 Å². The number of halogens is 1. The zero-order chi connectivity index (χ0) is 19.0. The maximum absolute atomic E-state index is 13.2. The molecule has 136 valence electrons. The number of thiophene rings is 1. The van der Waals surface area contributed by atoms with Gasteiger partial charge in [-0.05, 0) is 55.6 Å². The summed E-state index contributed by atoms with van der Waals surface area (Å²) in [6.07, 6.45) is 1.53. The van der Waals surface area contributed by atoms with E-state index in [-0.39, 0.29) is 11.6 Å². The molecule has 3 heterocycles. The van der Waals surface area contributed by atoms with Crippen LogP contribution < -0.4 is 0 Å². The summed E-state index contributed by atoms with van der Waals surface area (Å²) in [6, 6.07) is 10.1. The van der Waals surface area contributed by atoms with E-state index in [2.05, 4.69) is 9.97 Å². The fourth-order valence-corrected chi connectivity index (χ4v) is 4.79. The van der Waals surface area contributed by atoms with Crippen molar-refractivity contribution >= 4 is 39.1 Å². The molecule has 0 amide bonds. The molecule has 0 bridgehead atoms. The van der Waals surface area contributed by atoms with Gasteiger partial charge in [-0.25, -0.2) is 14.4 Å². The monoisotopic (exact) mass is 397 g/mol. The molecule has 0 unspecified atom stereocenters. The van der Waals surface area contributed by atoms with Crippen molar-refractivity contribution in [3.05, 3.63) is 70.9 Å². The molecule has 3 aromatic heterocycles. The SMILES string of the molecule is Cc1cc(C(=O)CSc2ncnc3sccc23)c(C)n1-c1ccc(F)cc1. The normalized spacial score (nSPS) is 11.2. The van der Waals surface area contributed by atoms with Crippen molar-refractivity contribution in [1.82, 2.24) is 14.5 Å². The molecule has 0 spiro atoms. The molecule has 0 radical (unpaired) electrons. The lowest BCUT2D eigenvalue weighted by Gasteiger charge is -2.09. The number of rotatable bonds is 5. The summed E-state index contributed by atoms with van der Waals surface area (Å²) in [4.78, 5) is 22.3. The molecule has 1 aromatic carbocycles. The first kappa shape index (κ1) is 17.9. The molecule has 7 heteroatoms. The van der Waals surface area contributed by atoms with Crippen molar-refractivity contribution in [3.8, 4) is 5.69 Å². The molecule has 0 aliphatic rings. The highest BCUT2D eigenvalue weighted by molar-refractivity contribution is 8.00. The Balaban J connectivity index is 1.58. The van der Waals surface area contributed by atoms with Gasteiger partial charge in [-0.3, -0.25) is 4.79 Å². The van der Waals surface area contributed by atoms with E-state index in [1.165, 1.54) is 30.2 Å². The van der Waals surface area contributed by atoms with Gasteiger partial charge in [0.05, 0.1) is 5.75 Å². The maximum Gasteiger partial charge on any atom is 0.174 e. The zero-order valence-electron chi connectivity index (χ0n) is 14.8. The first-order valence-electron chi connectivity index (χ1n) is 8.33. The molecule has 4 nitrogen and oxygen atoms in total. The van der Waals surface area contributed by atoms with Gasteiger partial charge in [-0.1, -0.05) is 11.8 Å². The van der Waals surface area contributed by atoms with Gasteiger partial charge in [0.2, 0.25) is 0 Å². The number of benzene rings is 1. The number of hydrogen-bond acceptors (Lipinski definition) is 5. The minimum absolute atomic E-state index is 0.0449. The van der Waals surface area contributed by atoms with Gasteiger partial charge in [0.15, 0.2) is 5.78 Å². The number of ketones is 1. The second-order valence-corrected chi connectivity index (χ2v) is 7.99. The predicted octanol–water partition coefficient (Wildman–Crippen LogP) is 5.21. The molecule has 0 aliphatic carbocycles. The average molecular weight is 398 g/mol. The highest BCUT2D eigenvalue weighted by Gasteiger charge is 2.18. The summed E-state index contributed by atoms with van der Waals surface area (Å²) in [6.45, 7) is 3.86. The van der Waals surface area contributed by atoms with Crippen LogP contribution in [-0.2, 0) is 0 Å². The minimum atomic E-state index is -0.279. The number of Topliss-reactive ketones (excluding diaryl/α,β-unsaturated/α-hetero) is 1. The molecule has 0 N–H and O–H groups in total. The van der Waals surface area contributed by atoms with E-state index in [4.69, 9.17) is 0 Å². The van der Waals surface area contributed by atoms with E-state index in [1.807, 2.05) is 35.9 Å². The first-order valence-corrected chi connectivity index (χ1v) is 10.2. The van der Waals surface area contributed by atoms with E-state index in [0.29, 0.717) is 11.3 Å². The average Bonchev–Trinajstić information content (AvgIpc) is 3.25. The summed E-state index contributed by atoms with van der Waals surface area (Å²) < 4.78 is 15.2. The molecule has 0 fully saturated rings. The van der Waals surface area contributed by atoms with Gasteiger partial charge >= 0.3 is 0 Å². The third kappa shape index (κ3) is 3.40. The number of aryl methyl sites for hydroxylation is 1. The highest BCUT2D eigenvalue weighted by Crippen LogP contribution is 2.29. The number of hydrogen-bond donors (Lipinski definition) is 0. The van der Waals surface area contributed by atoms with Crippen molar-refractivity contribution < 1.29 is 9.18 Å². The molecule has 0 atom stereocenters. The number of carbonyl (C=O) groups excluding carboxylic acids is 1. The van der Waals surface area contributed by atoms with E-state index >= 15 is 0 Å². The fraction of sp³-hybridized carbons (Fsp3) is 0.150. The van der Waals surface area contributed by atoms with Crippen molar-refractivity contribution in [1.29, 1.82) is 0 Å². The van der Waals surface area contributed by atoms with Crippen LogP contribution in [0.15, 0.2) is 53.1 Å². The molecule has 0 aliphatic heterocycles. The first-order chi connectivity index (χ1) is 13.0. The van der Waals surface area contributed by atoms with Gasteiger partial charge < -0.3 is 4.57 Å². The molecule has 27 heavy (non-hydrogen) atoms. The van der Waals surface area contributed by atoms with Gasteiger partial charge in [-0.15, -0.1) is 11.3 Å². The van der Waals surface area contributed by atoms with Crippen LogP contribution >= 0.6 is 23.1 Å². The van der Waals surface area contributed by atoms with Crippen LogP contribution in [0.2, 0.25) is 0 Å². The Morgan fingerprint density at radius 1 is 1.19 bits per heavy atom. The maximum atomic E-state index is 13.2. The van der Waals surface area contributed by atoms with Crippen LogP contribution in [0.25, 0.3) is 15.9 Å². The summed E-state index contributed by atoms with van der Waals surface area (Å²) in [7, 11) is 0. The van der Waals surface area contributed by atoms with Crippen LogP contribution in [-0.4, -0.2) is 26.1 Å². The molecular weight excluding hydrogens is 381 g/mol. The van der Waals surface area contributed by atoms with E-state index in [1.54, 1.807) is 23.5 Å². The zero-order valence-corrected chi connectivity index (χ0v) is 16.4. The smallest absolute Gasteiger partial charge is 0.174 e. The lowest BCUT2D eigenvalue weighted by Crippen LogP contribution is -2.06. The third-order valence-corrected chi connectivity index (χ3v) is 6.21. The van der Waals surface area contributed by atoms with Crippen molar-refractivity contribution in [2.24, 2.45) is 0 Å². The fourth-order valence-electron chi connectivity index (χ4n) is 3.13. The Labute approximate surface area is 164 Å². The summed E-state index contributed by atoms with van der Waals surface area (Å²) in [5.74, 6) is 0.0670. The second-order valence-electron chi connectivity index (χ2n) is 6.13. The van der Waals surface area contributed by atoms with E-state index < -0.39 is 0 Å². The predicted molar refractivity (Wildman–Crippen MR) is 108 cm³/mol. The van der Waals surface area contributed by atoms with Gasteiger partial charge in [0, 0.05) is 28.0 Å². The standard InChI is InChI=1S/C20H16FN3OS2/c1-12-9-17(13(2)24(12)15-5-3-14(21)4-6-15)18(25)10-27-20-16-7-8-26-19(16)22-11-23-20/h3-9,11H,10H2,1-2H3. The van der Waals surface area contributed by atoms with Crippen LogP contribution in [0.1, 0.15) is 21.7 Å². The minimum Gasteiger partial charge on any atom is -0.318 e. The molecule has 4 rings (SSSR count). The van der Waals surface area contributed by atoms with Crippen molar-refractivity contribution in [2.75, 3.05) is 5.75 Å². The summed E-state index contributed by atoms with van der Waals surface area (Å²) in [5, 5.41) is 3.78. The summed E-state index contributed by atoms with van der Waals surface area (Å²) in [5.41, 5.74) is 3.32. The molecule has 4 aromatic rings. The highest BCUT2D eigenvalue weighted by atomic mass is 32.2. The second kappa shape index (κ2) is 7.25. The number of carbonyl (C=O) groups is 1. The van der Waals surface area contributed by atoms with Gasteiger partial charge in [0.25, 0.3) is 0 Å². The van der Waals surface area contributed by atoms with Crippen molar-refractivity contribution in [2.45, 2.75) is 18.9 Å². The third-order valence-electron chi connectivity index (χ3n) is 4.38. The Morgan fingerprint density at radius 2 is 1.96 bits per heavy atom. The molecular formula is C20H16FN3OS2. The number of aromatic nitrogens is 3. The van der Waals surface area contributed by atoms with E-state index in [9.17, 15) is 9.18 Å². The summed E-state index contributed by atoms with van der Waals surface area (Å²) >= 11 is 2.99. The Hall–Kier alpha value is -2.51. The lowest BCUT2D eigenvalue weighted by molar-refractivity contribution is 0.102. The van der Waals surface area contributed by atoms with Gasteiger partial charge in [-0.2, -0.15) is 0 Å². The molecule has 0 saturated heterocycles. The Morgan fingerprint density at radius 3 is 2.74 bits per heavy atom. The topological polar surface area (TPSA) is 47.8 Å². The number of fused-ring (bicyclic) bond motifs is 1.